The van der Waals surface area contributed by atoms with Crippen molar-refractivity contribution >= 4 is 0 Å². The van der Waals surface area contributed by atoms with E-state index in [9.17, 15) is 5.11 Å². The summed E-state index contributed by atoms with van der Waals surface area (Å²) in [7, 11) is 0. The zero-order chi connectivity index (χ0) is 10.2. The van der Waals surface area contributed by atoms with Crippen LogP contribution >= 0.6 is 0 Å². The van der Waals surface area contributed by atoms with Crippen LogP contribution in [0.5, 0.6) is 0 Å². The van der Waals surface area contributed by atoms with E-state index in [4.69, 9.17) is 4.74 Å². The zero-order valence-corrected chi connectivity index (χ0v) is 9.10. The Morgan fingerprint density at radius 3 is 2.54 bits per heavy atom. The van der Waals surface area contributed by atoms with Gasteiger partial charge in [0.05, 0.1) is 12.2 Å². The first-order valence-corrected chi connectivity index (χ1v) is 5.13. The molecule has 80 valence electrons. The van der Waals surface area contributed by atoms with Gasteiger partial charge in [-0.25, -0.2) is 0 Å². The van der Waals surface area contributed by atoms with Crippen LogP contribution in [-0.2, 0) is 4.74 Å². The Kier molecular flexibility index (Phi) is 7.23. The van der Waals surface area contributed by atoms with Crippen LogP contribution in [0.2, 0.25) is 0 Å². The van der Waals surface area contributed by atoms with Crippen molar-refractivity contribution in [2.75, 3.05) is 26.3 Å². The molecule has 0 aromatic carbocycles. The topological polar surface area (TPSA) is 41.5 Å². The van der Waals surface area contributed by atoms with Gasteiger partial charge in [-0.15, -0.1) is 0 Å². The molecule has 0 heterocycles. The monoisotopic (exact) mass is 189 g/mol. The van der Waals surface area contributed by atoms with E-state index in [1.165, 1.54) is 0 Å². The molecule has 13 heavy (non-hydrogen) atoms. The Morgan fingerprint density at radius 1 is 1.31 bits per heavy atom. The third kappa shape index (κ3) is 8.22. The van der Waals surface area contributed by atoms with Crippen molar-refractivity contribution in [2.24, 2.45) is 0 Å². The first-order chi connectivity index (χ1) is 6.12. The van der Waals surface area contributed by atoms with Gasteiger partial charge in [-0.05, 0) is 19.8 Å². The van der Waals surface area contributed by atoms with Crippen LogP contribution in [0.15, 0.2) is 0 Å². The minimum atomic E-state index is -0.579. The molecule has 0 aromatic heterocycles. The van der Waals surface area contributed by atoms with Gasteiger partial charge < -0.3 is 15.2 Å². The molecule has 0 saturated carbocycles. The summed E-state index contributed by atoms with van der Waals surface area (Å²) >= 11 is 0. The molecule has 2 N–H and O–H groups in total. The van der Waals surface area contributed by atoms with E-state index in [1.807, 2.05) is 13.8 Å². The molecule has 0 amide bonds. The highest BCUT2D eigenvalue weighted by atomic mass is 16.5. The minimum absolute atomic E-state index is 0.579. The Balaban J connectivity index is 3.16. The molecule has 1 atom stereocenters. The van der Waals surface area contributed by atoms with E-state index < -0.39 is 5.60 Å². The van der Waals surface area contributed by atoms with Gasteiger partial charge in [0.25, 0.3) is 0 Å². The summed E-state index contributed by atoms with van der Waals surface area (Å²) in [6, 6.07) is 0. The van der Waals surface area contributed by atoms with Crippen molar-refractivity contribution in [3.63, 3.8) is 0 Å². The molecule has 0 aliphatic carbocycles. The van der Waals surface area contributed by atoms with Crippen LogP contribution in [0, 0.1) is 0 Å². The number of nitrogens with one attached hydrogen (secondary N) is 1. The van der Waals surface area contributed by atoms with E-state index in [1.54, 1.807) is 0 Å². The predicted octanol–water partition coefficient (Wildman–Crippen LogP) is 1.16. The van der Waals surface area contributed by atoms with E-state index in [0.717, 1.165) is 32.6 Å². The summed E-state index contributed by atoms with van der Waals surface area (Å²) in [5.41, 5.74) is -0.579. The molecule has 0 rings (SSSR count). The highest BCUT2D eigenvalue weighted by Crippen LogP contribution is 2.05. The van der Waals surface area contributed by atoms with Crippen molar-refractivity contribution in [1.82, 2.24) is 5.32 Å². The maximum absolute atomic E-state index is 9.62. The lowest BCUT2D eigenvalue weighted by Gasteiger charge is -2.21. The number of rotatable bonds is 8. The van der Waals surface area contributed by atoms with Crippen molar-refractivity contribution in [1.29, 1.82) is 0 Å². The van der Waals surface area contributed by atoms with E-state index in [0.29, 0.717) is 6.54 Å². The normalized spacial score (nSPS) is 15.7. The number of hydrogen-bond acceptors (Lipinski definition) is 3. The van der Waals surface area contributed by atoms with Gasteiger partial charge in [-0.3, -0.25) is 0 Å². The van der Waals surface area contributed by atoms with Gasteiger partial charge >= 0.3 is 0 Å². The van der Waals surface area contributed by atoms with Crippen molar-refractivity contribution in [3.8, 4) is 0 Å². The SMILES string of the molecule is CCCOCCNCC(C)(O)CC. The van der Waals surface area contributed by atoms with Crippen LogP contribution in [0.25, 0.3) is 0 Å². The molecule has 3 nitrogen and oxygen atoms in total. The van der Waals surface area contributed by atoms with Crippen LogP contribution in [0.4, 0.5) is 0 Å². The Labute approximate surface area is 81.5 Å². The fourth-order valence-corrected chi connectivity index (χ4v) is 0.873. The zero-order valence-electron chi connectivity index (χ0n) is 9.10. The smallest absolute Gasteiger partial charge is 0.0741 e. The molecule has 0 aliphatic rings. The van der Waals surface area contributed by atoms with Gasteiger partial charge in [0.1, 0.15) is 0 Å². The molecule has 0 fully saturated rings. The second-order valence-electron chi connectivity index (χ2n) is 3.64. The van der Waals surface area contributed by atoms with Crippen molar-refractivity contribution < 1.29 is 9.84 Å². The van der Waals surface area contributed by atoms with Crippen LogP contribution in [0.1, 0.15) is 33.6 Å². The summed E-state index contributed by atoms with van der Waals surface area (Å²) in [5, 5.41) is 12.8. The van der Waals surface area contributed by atoms with Crippen LogP contribution in [-0.4, -0.2) is 37.0 Å². The highest BCUT2D eigenvalue weighted by Gasteiger charge is 2.15. The van der Waals surface area contributed by atoms with E-state index in [-0.39, 0.29) is 0 Å². The summed E-state index contributed by atoms with van der Waals surface area (Å²) in [6.07, 6.45) is 1.84. The fourth-order valence-electron chi connectivity index (χ4n) is 0.873. The summed E-state index contributed by atoms with van der Waals surface area (Å²) in [6.45, 7) is 8.92. The molecule has 3 heteroatoms. The van der Waals surface area contributed by atoms with Crippen molar-refractivity contribution in [2.45, 2.75) is 39.2 Å². The lowest BCUT2D eigenvalue weighted by molar-refractivity contribution is 0.0524. The number of aliphatic hydroxyl groups is 1. The molecule has 0 radical (unpaired) electrons. The third-order valence-corrected chi connectivity index (χ3v) is 2.04. The van der Waals surface area contributed by atoms with Gasteiger partial charge in [0.15, 0.2) is 0 Å². The Bertz CT molecular complexity index is 115. The molecule has 0 spiro atoms. The van der Waals surface area contributed by atoms with Gasteiger partial charge in [0.2, 0.25) is 0 Å². The predicted molar refractivity (Wildman–Crippen MR) is 54.9 cm³/mol. The van der Waals surface area contributed by atoms with Gasteiger partial charge in [-0.2, -0.15) is 0 Å². The van der Waals surface area contributed by atoms with E-state index in [2.05, 4.69) is 12.2 Å². The highest BCUT2D eigenvalue weighted by molar-refractivity contribution is 4.72. The number of hydrogen-bond donors (Lipinski definition) is 2. The van der Waals surface area contributed by atoms with E-state index >= 15 is 0 Å². The quantitative estimate of drug-likeness (QED) is 0.563. The molecular formula is C10H23NO2. The van der Waals surface area contributed by atoms with Crippen LogP contribution < -0.4 is 5.32 Å². The largest absolute Gasteiger partial charge is 0.389 e. The maximum Gasteiger partial charge on any atom is 0.0741 e. The summed E-state index contributed by atoms with van der Waals surface area (Å²) < 4.78 is 5.29. The third-order valence-electron chi connectivity index (χ3n) is 2.04. The Hall–Kier alpha value is -0.120. The molecule has 0 aromatic rings. The standard InChI is InChI=1S/C10H23NO2/c1-4-7-13-8-6-11-9-10(3,12)5-2/h11-12H,4-9H2,1-3H3. The molecule has 0 saturated heterocycles. The summed E-state index contributed by atoms with van der Waals surface area (Å²) in [4.78, 5) is 0. The average molecular weight is 189 g/mol. The van der Waals surface area contributed by atoms with Crippen molar-refractivity contribution in [3.05, 3.63) is 0 Å². The average Bonchev–Trinajstić information content (AvgIpc) is 2.11. The molecule has 0 aliphatic heterocycles. The second-order valence-corrected chi connectivity index (χ2v) is 3.64. The number of ether oxygens (including phenoxy) is 1. The second kappa shape index (κ2) is 7.30. The molecule has 0 bridgehead atoms. The lowest BCUT2D eigenvalue weighted by Crippen LogP contribution is -2.38. The first-order valence-electron chi connectivity index (χ1n) is 5.13. The first kappa shape index (κ1) is 12.9. The van der Waals surface area contributed by atoms with Gasteiger partial charge in [-0.1, -0.05) is 13.8 Å². The summed E-state index contributed by atoms with van der Waals surface area (Å²) in [5.74, 6) is 0. The lowest BCUT2D eigenvalue weighted by atomic mass is 10.0. The fraction of sp³-hybridized carbons (Fsp3) is 1.00. The van der Waals surface area contributed by atoms with Gasteiger partial charge in [0, 0.05) is 19.7 Å². The molecular weight excluding hydrogens is 166 g/mol. The Morgan fingerprint density at radius 2 is 2.00 bits per heavy atom. The maximum atomic E-state index is 9.62. The van der Waals surface area contributed by atoms with Crippen LogP contribution in [0.3, 0.4) is 0 Å². The molecule has 1 unspecified atom stereocenters. The minimum Gasteiger partial charge on any atom is -0.389 e.